The first-order valence-electron chi connectivity index (χ1n) is 9.53. The predicted octanol–water partition coefficient (Wildman–Crippen LogP) is 2.48. The van der Waals surface area contributed by atoms with Crippen LogP contribution in [-0.4, -0.2) is 43.3 Å². The molecular weight excluding hydrogens is 405 g/mol. The van der Waals surface area contributed by atoms with Gasteiger partial charge in [-0.15, -0.1) is 0 Å². The van der Waals surface area contributed by atoms with Gasteiger partial charge in [0.2, 0.25) is 5.91 Å². The highest BCUT2D eigenvalue weighted by atomic mass is 19.1. The second kappa shape index (κ2) is 9.24. The summed E-state index contributed by atoms with van der Waals surface area (Å²) in [5, 5.41) is 8.24. The summed E-state index contributed by atoms with van der Waals surface area (Å²) in [6.45, 7) is 1.98. The lowest BCUT2D eigenvalue weighted by Crippen LogP contribution is -2.39. The number of halogens is 1. The van der Waals surface area contributed by atoms with E-state index in [0.29, 0.717) is 17.1 Å². The Bertz CT molecular complexity index is 1010. The summed E-state index contributed by atoms with van der Waals surface area (Å²) in [6.07, 6.45) is -0.472. The molecule has 0 radical (unpaired) electrons. The van der Waals surface area contributed by atoms with E-state index in [9.17, 15) is 18.8 Å². The van der Waals surface area contributed by atoms with Crippen LogP contribution in [0.1, 0.15) is 13.3 Å². The second-order valence-electron chi connectivity index (χ2n) is 6.75. The number of hydrazone groups is 1. The minimum atomic E-state index is -0.855. The average Bonchev–Trinajstić information content (AvgIpc) is 3.20. The van der Waals surface area contributed by atoms with Crippen LogP contribution < -0.4 is 21.0 Å². The smallest absolute Gasteiger partial charge is 0.413 e. The van der Waals surface area contributed by atoms with Crippen molar-refractivity contribution < 1.29 is 23.5 Å². The van der Waals surface area contributed by atoms with Crippen LogP contribution in [-0.2, 0) is 14.3 Å². The van der Waals surface area contributed by atoms with Crippen LogP contribution in [0.15, 0.2) is 53.6 Å². The first-order valence-corrected chi connectivity index (χ1v) is 9.53. The maximum absolute atomic E-state index is 13.2. The molecule has 10 heteroatoms. The molecule has 1 atom stereocenters. The van der Waals surface area contributed by atoms with Crippen LogP contribution in [0, 0.1) is 5.82 Å². The fraction of sp³-hybridized carbons (Fsp3) is 0.238. The molecule has 0 bridgehead atoms. The van der Waals surface area contributed by atoms with E-state index < -0.39 is 29.8 Å². The van der Waals surface area contributed by atoms with Crippen molar-refractivity contribution in [1.29, 1.82) is 0 Å². The van der Waals surface area contributed by atoms with Gasteiger partial charge in [0.25, 0.3) is 5.91 Å². The number of carbonyl (C=O) groups is 3. The van der Waals surface area contributed by atoms with Gasteiger partial charge in [-0.05, 0) is 55.5 Å². The van der Waals surface area contributed by atoms with Crippen molar-refractivity contribution in [2.45, 2.75) is 19.4 Å². The van der Waals surface area contributed by atoms with E-state index in [0.717, 1.165) is 0 Å². The zero-order chi connectivity index (χ0) is 22.5. The summed E-state index contributed by atoms with van der Waals surface area (Å²) in [5.41, 5.74) is 7.08. The number of hydrogen-bond donors (Lipinski definition) is 2. The Balaban J connectivity index is 1.72. The highest BCUT2D eigenvalue weighted by Gasteiger charge is 2.35. The highest BCUT2D eigenvalue weighted by Crippen LogP contribution is 2.25. The third-order valence-corrected chi connectivity index (χ3v) is 4.65. The highest BCUT2D eigenvalue weighted by molar-refractivity contribution is 6.44. The number of ether oxygens (including phenoxy) is 1. The normalized spacial score (nSPS) is 15.3. The molecule has 1 aliphatic heterocycles. The Morgan fingerprint density at radius 1 is 1.19 bits per heavy atom. The number of nitrogens with two attached hydrogens (primary N) is 1. The number of nitrogens with zero attached hydrogens (tertiary/aromatic N) is 3. The molecule has 0 saturated carbocycles. The maximum atomic E-state index is 13.2. The molecule has 31 heavy (non-hydrogen) atoms. The van der Waals surface area contributed by atoms with Crippen LogP contribution in [0.3, 0.4) is 0 Å². The molecule has 2 aromatic carbocycles. The van der Waals surface area contributed by atoms with E-state index in [1.807, 2.05) is 0 Å². The van der Waals surface area contributed by atoms with E-state index in [2.05, 4.69) is 10.4 Å². The first-order chi connectivity index (χ1) is 14.8. The van der Waals surface area contributed by atoms with Crippen molar-refractivity contribution in [3.05, 3.63) is 54.3 Å². The summed E-state index contributed by atoms with van der Waals surface area (Å²) in [4.78, 5) is 37.6. The number of benzene rings is 2. The van der Waals surface area contributed by atoms with Crippen molar-refractivity contribution >= 4 is 40.7 Å². The Morgan fingerprint density at radius 2 is 1.84 bits per heavy atom. The van der Waals surface area contributed by atoms with Crippen molar-refractivity contribution in [2.75, 3.05) is 28.9 Å². The average molecular weight is 427 g/mol. The van der Waals surface area contributed by atoms with Gasteiger partial charge in [-0.3, -0.25) is 19.5 Å². The molecule has 2 aromatic rings. The zero-order valence-corrected chi connectivity index (χ0v) is 17.0. The molecule has 0 fully saturated rings. The third kappa shape index (κ3) is 4.97. The summed E-state index contributed by atoms with van der Waals surface area (Å²) in [7, 11) is 1.58. The van der Waals surface area contributed by atoms with Crippen LogP contribution in [0.4, 0.5) is 26.2 Å². The number of nitrogens with one attached hydrogen (secondary N) is 1. The van der Waals surface area contributed by atoms with E-state index >= 15 is 0 Å². The summed E-state index contributed by atoms with van der Waals surface area (Å²) in [5.74, 6) is -1.58. The van der Waals surface area contributed by atoms with Crippen LogP contribution >= 0.6 is 0 Å². The van der Waals surface area contributed by atoms with Gasteiger partial charge in [-0.2, -0.15) is 5.10 Å². The van der Waals surface area contributed by atoms with Crippen LogP contribution in [0.25, 0.3) is 0 Å². The fourth-order valence-corrected chi connectivity index (χ4v) is 3.00. The molecule has 3 rings (SSSR count). The van der Waals surface area contributed by atoms with Crippen LogP contribution in [0.2, 0.25) is 0 Å². The fourth-order valence-electron chi connectivity index (χ4n) is 3.00. The number of hydrogen-bond acceptors (Lipinski definition) is 6. The number of amides is 3. The van der Waals surface area contributed by atoms with E-state index in [4.69, 9.17) is 10.5 Å². The predicted molar refractivity (Wildman–Crippen MR) is 114 cm³/mol. The lowest BCUT2D eigenvalue weighted by atomic mass is 10.1. The van der Waals surface area contributed by atoms with E-state index in [1.165, 1.54) is 34.2 Å². The molecule has 1 aliphatic rings. The van der Waals surface area contributed by atoms with E-state index in [1.54, 1.807) is 38.2 Å². The standard InChI is InChI=1S/C21H22FN5O4/c1-3-31-21(30)26(2)15-10-6-14(7-11-15)24-20(29)17-12-18(19(23)28)27(25-17)16-8-4-13(22)5-9-16/h4-11,18H,3,12H2,1-2H3,(H2,23,28)(H,24,29). The minimum Gasteiger partial charge on any atom is -0.449 e. The largest absolute Gasteiger partial charge is 0.449 e. The van der Waals surface area contributed by atoms with Gasteiger partial charge in [0.1, 0.15) is 17.6 Å². The van der Waals surface area contributed by atoms with Crippen molar-refractivity contribution in [3.8, 4) is 0 Å². The van der Waals surface area contributed by atoms with Gasteiger partial charge in [-0.1, -0.05) is 0 Å². The maximum Gasteiger partial charge on any atom is 0.413 e. The summed E-state index contributed by atoms with van der Waals surface area (Å²) in [6, 6.07) is 11.1. The number of rotatable bonds is 6. The monoisotopic (exact) mass is 427 g/mol. The minimum absolute atomic E-state index is 0.0161. The van der Waals surface area contributed by atoms with Gasteiger partial charge in [-0.25, -0.2) is 9.18 Å². The van der Waals surface area contributed by atoms with Crippen molar-refractivity contribution in [3.63, 3.8) is 0 Å². The van der Waals surface area contributed by atoms with Crippen molar-refractivity contribution in [1.82, 2.24) is 0 Å². The SMILES string of the molecule is CCOC(=O)N(C)c1ccc(NC(=O)C2=NN(c3ccc(F)cc3)C(C(N)=O)C2)cc1. The second-order valence-corrected chi connectivity index (χ2v) is 6.75. The summed E-state index contributed by atoms with van der Waals surface area (Å²) < 4.78 is 18.1. The molecule has 0 aromatic heterocycles. The van der Waals surface area contributed by atoms with Crippen molar-refractivity contribution in [2.24, 2.45) is 10.8 Å². The Morgan fingerprint density at radius 3 is 2.42 bits per heavy atom. The number of anilines is 3. The molecule has 1 heterocycles. The molecular formula is C21H22FN5O4. The topological polar surface area (TPSA) is 117 Å². The third-order valence-electron chi connectivity index (χ3n) is 4.65. The lowest BCUT2D eigenvalue weighted by Gasteiger charge is -2.20. The van der Waals surface area contributed by atoms with Gasteiger partial charge >= 0.3 is 6.09 Å². The quantitative estimate of drug-likeness (QED) is 0.734. The Hall–Kier alpha value is -3.95. The number of primary amides is 1. The molecule has 0 aliphatic carbocycles. The van der Waals surface area contributed by atoms with E-state index in [-0.39, 0.29) is 18.7 Å². The molecule has 0 spiro atoms. The van der Waals surface area contributed by atoms with Gasteiger partial charge < -0.3 is 15.8 Å². The Labute approximate surface area is 178 Å². The van der Waals surface area contributed by atoms with Gasteiger partial charge in [0, 0.05) is 24.8 Å². The zero-order valence-electron chi connectivity index (χ0n) is 17.0. The molecule has 9 nitrogen and oxygen atoms in total. The van der Waals surface area contributed by atoms with Crippen LogP contribution in [0.5, 0.6) is 0 Å². The molecule has 3 amide bonds. The molecule has 0 saturated heterocycles. The molecule has 162 valence electrons. The molecule has 3 N–H and O–H groups in total. The first kappa shape index (κ1) is 21.8. The summed E-state index contributed by atoms with van der Waals surface area (Å²) >= 11 is 0. The molecule has 1 unspecified atom stereocenters. The van der Waals surface area contributed by atoms with Gasteiger partial charge in [0.05, 0.1) is 12.3 Å². The Kier molecular flexibility index (Phi) is 6.49. The van der Waals surface area contributed by atoms with Gasteiger partial charge in [0.15, 0.2) is 0 Å². The number of carbonyl (C=O) groups excluding carboxylic acids is 3. The lowest BCUT2D eigenvalue weighted by molar-refractivity contribution is -0.119.